The summed E-state index contributed by atoms with van der Waals surface area (Å²) in [5.41, 5.74) is 5.97. The maximum atomic E-state index is 5.97. The summed E-state index contributed by atoms with van der Waals surface area (Å²) in [7, 11) is 0. The number of nitrogens with two attached hydrogens (primary N) is 1. The van der Waals surface area contributed by atoms with Crippen LogP contribution in [0.4, 0.5) is 0 Å². The molecule has 0 aromatic carbocycles. The van der Waals surface area contributed by atoms with E-state index in [1.54, 1.807) is 12.1 Å². The predicted molar refractivity (Wildman–Crippen MR) is 70.2 cm³/mol. The van der Waals surface area contributed by atoms with Crippen LogP contribution in [0, 0.1) is 0 Å². The van der Waals surface area contributed by atoms with Crippen LogP contribution >= 0.6 is 15.9 Å². The van der Waals surface area contributed by atoms with Crippen LogP contribution in [0.1, 0.15) is 31.1 Å². The summed E-state index contributed by atoms with van der Waals surface area (Å²) < 4.78 is 16.7. The number of ether oxygens (including phenoxy) is 1. The van der Waals surface area contributed by atoms with Gasteiger partial charge in [0.1, 0.15) is 0 Å². The van der Waals surface area contributed by atoms with Gasteiger partial charge >= 0.3 is 0 Å². The first kappa shape index (κ1) is 12.8. The fourth-order valence-electron chi connectivity index (χ4n) is 1.77. The maximum Gasteiger partial charge on any atom is 0.293 e. The van der Waals surface area contributed by atoms with E-state index in [0.717, 1.165) is 12.8 Å². The van der Waals surface area contributed by atoms with Gasteiger partial charge in [-0.1, -0.05) is 5.16 Å². The molecule has 0 amide bonds. The lowest BCUT2D eigenvalue weighted by Crippen LogP contribution is -2.27. The first-order valence-corrected chi connectivity index (χ1v) is 6.98. The third-order valence-electron chi connectivity index (χ3n) is 3.12. The van der Waals surface area contributed by atoms with Crippen molar-refractivity contribution in [2.24, 2.45) is 5.73 Å². The maximum absolute atomic E-state index is 5.97. The van der Waals surface area contributed by atoms with Crippen LogP contribution in [-0.2, 0) is 4.74 Å². The molecule has 1 fully saturated rings. The van der Waals surface area contributed by atoms with E-state index in [1.807, 2.05) is 0 Å². The zero-order valence-electron chi connectivity index (χ0n) is 10.2. The summed E-state index contributed by atoms with van der Waals surface area (Å²) in [5, 5.41) is 3.86. The van der Waals surface area contributed by atoms with E-state index < -0.39 is 0 Å². The highest BCUT2D eigenvalue weighted by molar-refractivity contribution is 9.10. The molecule has 1 aliphatic rings. The number of halogens is 1. The Morgan fingerprint density at radius 3 is 2.95 bits per heavy atom. The molecule has 7 heteroatoms. The molecular formula is C12H14BrN3O3. The van der Waals surface area contributed by atoms with E-state index in [2.05, 4.69) is 26.1 Å². The molecule has 1 saturated carbocycles. The van der Waals surface area contributed by atoms with Crippen molar-refractivity contribution in [3.05, 3.63) is 22.6 Å². The molecule has 0 bridgehead atoms. The van der Waals surface area contributed by atoms with Gasteiger partial charge in [-0.3, -0.25) is 0 Å². The topological polar surface area (TPSA) is 87.3 Å². The minimum absolute atomic E-state index is 0.319. The van der Waals surface area contributed by atoms with Gasteiger partial charge in [0.2, 0.25) is 0 Å². The monoisotopic (exact) mass is 327 g/mol. The largest absolute Gasteiger partial charge is 0.444 e. The van der Waals surface area contributed by atoms with E-state index in [0.29, 0.717) is 34.9 Å². The molecule has 19 heavy (non-hydrogen) atoms. The molecule has 0 radical (unpaired) electrons. The molecule has 0 saturated heterocycles. The molecule has 1 aliphatic carbocycles. The Hall–Kier alpha value is -1.18. The molecule has 0 aliphatic heterocycles. The van der Waals surface area contributed by atoms with Crippen molar-refractivity contribution in [3.8, 4) is 11.7 Å². The van der Waals surface area contributed by atoms with E-state index in [4.69, 9.17) is 19.4 Å². The van der Waals surface area contributed by atoms with Gasteiger partial charge in [-0.05, 0) is 47.3 Å². The number of furan rings is 1. The molecule has 2 heterocycles. The van der Waals surface area contributed by atoms with Crippen molar-refractivity contribution in [2.45, 2.75) is 31.4 Å². The van der Waals surface area contributed by atoms with E-state index in [1.165, 1.54) is 6.42 Å². The Morgan fingerprint density at radius 1 is 1.47 bits per heavy atom. The van der Waals surface area contributed by atoms with Crippen molar-refractivity contribution >= 4 is 15.9 Å². The second kappa shape index (κ2) is 5.44. The van der Waals surface area contributed by atoms with Crippen LogP contribution in [0.3, 0.4) is 0 Å². The third kappa shape index (κ3) is 2.88. The summed E-state index contributed by atoms with van der Waals surface area (Å²) in [5.74, 6) is 1.26. The number of hydrogen-bond acceptors (Lipinski definition) is 6. The molecule has 6 nitrogen and oxygen atoms in total. The van der Waals surface area contributed by atoms with Crippen LogP contribution in [0.25, 0.3) is 11.7 Å². The molecule has 0 spiro atoms. The fourth-order valence-corrected chi connectivity index (χ4v) is 2.07. The van der Waals surface area contributed by atoms with Crippen molar-refractivity contribution in [2.75, 3.05) is 6.61 Å². The number of rotatable bonds is 5. The molecule has 2 aromatic rings. The van der Waals surface area contributed by atoms with Crippen LogP contribution in [0.5, 0.6) is 0 Å². The summed E-state index contributed by atoms with van der Waals surface area (Å²) in [4.78, 5) is 4.22. The molecule has 1 unspecified atom stereocenters. The zero-order valence-corrected chi connectivity index (χ0v) is 11.8. The highest BCUT2D eigenvalue weighted by Crippen LogP contribution is 2.25. The normalized spacial score (nSPS) is 17.4. The summed E-state index contributed by atoms with van der Waals surface area (Å²) in [6.45, 7) is 0.408. The molecule has 2 N–H and O–H groups in total. The molecular weight excluding hydrogens is 314 g/mol. The first-order valence-electron chi connectivity index (χ1n) is 6.19. The fraction of sp³-hybridized carbons (Fsp3) is 0.500. The SMILES string of the molecule is NC(COC1CCC1)c1noc(-c2ccc(Br)o2)n1. The minimum atomic E-state index is -0.378. The lowest BCUT2D eigenvalue weighted by atomic mass is 9.96. The van der Waals surface area contributed by atoms with Crippen molar-refractivity contribution in [3.63, 3.8) is 0 Å². The van der Waals surface area contributed by atoms with Gasteiger partial charge < -0.3 is 19.4 Å². The second-order valence-corrected chi connectivity index (χ2v) is 5.34. The van der Waals surface area contributed by atoms with Crippen molar-refractivity contribution < 1.29 is 13.7 Å². The number of hydrogen-bond donors (Lipinski definition) is 1. The lowest BCUT2D eigenvalue weighted by Gasteiger charge is -2.26. The minimum Gasteiger partial charge on any atom is -0.444 e. The summed E-state index contributed by atoms with van der Waals surface area (Å²) >= 11 is 3.22. The average Bonchev–Trinajstić information content (AvgIpc) is 2.94. The highest BCUT2D eigenvalue weighted by Gasteiger charge is 2.22. The van der Waals surface area contributed by atoms with Gasteiger partial charge in [0.25, 0.3) is 5.89 Å². The van der Waals surface area contributed by atoms with E-state index in [-0.39, 0.29) is 6.04 Å². The standard InChI is InChI=1S/C12H14BrN3O3/c13-10-5-4-9(18-10)12-15-11(16-19-12)8(14)6-17-7-2-1-3-7/h4-5,7-8H,1-3,6,14H2. The van der Waals surface area contributed by atoms with Crippen LogP contribution < -0.4 is 5.73 Å². The van der Waals surface area contributed by atoms with Crippen LogP contribution in [0.2, 0.25) is 0 Å². The Bertz CT molecular complexity index is 550. The first-order chi connectivity index (χ1) is 9.22. The Morgan fingerprint density at radius 2 is 2.32 bits per heavy atom. The molecule has 2 aromatic heterocycles. The van der Waals surface area contributed by atoms with Gasteiger partial charge in [0, 0.05) is 0 Å². The molecule has 102 valence electrons. The van der Waals surface area contributed by atoms with E-state index >= 15 is 0 Å². The van der Waals surface area contributed by atoms with Crippen molar-refractivity contribution in [1.82, 2.24) is 10.1 Å². The van der Waals surface area contributed by atoms with Gasteiger partial charge in [-0.2, -0.15) is 4.98 Å². The molecule has 3 rings (SSSR count). The zero-order chi connectivity index (χ0) is 13.2. The third-order valence-corrected chi connectivity index (χ3v) is 3.55. The van der Waals surface area contributed by atoms with Crippen LogP contribution in [0.15, 0.2) is 25.7 Å². The van der Waals surface area contributed by atoms with Gasteiger partial charge in [0.05, 0.1) is 18.8 Å². The Kier molecular flexibility index (Phi) is 3.67. The van der Waals surface area contributed by atoms with Gasteiger partial charge in [-0.25, -0.2) is 0 Å². The Balaban J connectivity index is 1.63. The number of aromatic nitrogens is 2. The van der Waals surface area contributed by atoms with Crippen LogP contribution in [-0.4, -0.2) is 22.9 Å². The second-order valence-electron chi connectivity index (χ2n) is 4.55. The van der Waals surface area contributed by atoms with Crippen molar-refractivity contribution in [1.29, 1.82) is 0 Å². The van der Waals surface area contributed by atoms with Gasteiger partial charge in [0.15, 0.2) is 16.3 Å². The lowest BCUT2D eigenvalue weighted by molar-refractivity contribution is -0.00549. The average molecular weight is 328 g/mol. The molecule has 1 atom stereocenters. The number of nitrogens with zero attached hydrogens (tertiary/aromatic N) is 2. The summed E-state index contributed by atoms with van der Waals surface area (Å²) in [6.07, 6.45) is 3.81. The van der Waals surface area contributed by atoms with E-state index in [9.17, 15) is 0 Å². The van der Waals surface area contributed by atoms with Gasteiger partial charge in [-0.15, -0.1) is 0 Å². The highest BCUT2D eigenvalue weighted by atomic mass is 79.9. The smallest absolute Gasteiger partial charge is 0.293 e. The quantitative estimate of drug-likeness (QED) is 0.908. The Labute approximate surface area is 118 Å². The summed E-state index contributed by atoms with van der Waals surface area (Å²) in [6, 6.07) is 3.13. The predicted octanol–water partition coefficient (Wildman–Crippen LogP) is 2.66.